The van der Waals surface area contributed by atoms with E-state index in [1.807, 2.05) is 0 Å². The molecule has 0 aliphatic heterocycles. The van der Waals surface area contributed by atoms with Crippen molar-refractivity contribution in [2.75, 3.05) is 13.1 Å². The van der Waals surface area contributed by atoms with Gasteiger partial charge in [0, 0.05) is 20.0 Å². The van der Waals surface area contributed by atoms with Crippen LogP contribution in [0.1, 0.15) is 101 Å². The molecule has 0 aliphatic carbocycles. The van der Waals surface area contributed by atoms with E-state index in [-0.39, 0.29) is 25.3 Å². The standard InChI is InChI=1S/C29H53N5O9/c1-18(2)22(24(37)33-21(25(38)39)15-11-13-17-31-27(41)43-29(7,8)9)34-23(36)20(32-19(3)35)14-10-12-16-30-26(40)42-28(4,5)6/h18,20-22H,10-17H2,1-9H3,(H,30,40)(H,31,41)(H,32,35)(H,33,37)(H,34,36)(H,38,39)/t20-,21-,22-/m0/s1. The minimum atomic E-state index is -1.22. The molecule has 5 amide bonds. The molecule has 0 aromatic carbocycles. The van der Waals surface area contributed by atoms with Gasteiger partial charge in [-0.3, -0.25) is 14.4 Å². The van der Waals surface area contributed by atoms with Gasteiger partial charge in [-0.2, -0.15) is 0 Å². The van der Waals surface area contributed by atoms with Gasteiger partial charge in [0.05, 0.1) is 0 Å². The van der Waals surface area contributed by atoms with Crippen LogP contribution in [0.15, 0.2) is 0 Å². The minimum absolute atomic E-state index is 0.113. The first kappa shape index (κ1) is 39.4. The third kappa shape index (κ3) is 20.0. The number of hydrogen-bond donors (Lipinski definition) is 6. The molecule has 0 aromatic heterocycles. The monoisotopic (exact) mass is 615 g/mol. The van der Waals surface area contributed by atoms with Gasteiger partial charge in [-0.1, -0.05) is 13.8 Å². The molecule has 0 aromatic rings. The number of unbranched alkanes of at least 4 members (excludes halogenated alkanes) is 2. The molecule has 0 bridgehead atoms. The van der Waals surface area contributed by atoms with Crippen molar-refractivity contribution in [1.29, 1.82) is 0 Å². The fraction of sp³-hybridized carbons (Fsp3) is 0.793. The van der Waals surface area contributed by atoms with Crippen LogP contribution in [0.3, 0.4) is 0 Å². The van der Waals surface area contributed by atoms with Crippen molar-refractivity contribution in [3.05, 3.63) is 0 Å². The largest absolute Gasteiger partial charge is 0.480 e. The van der Waals surface area contributed by atoms with Gasteiger partial charge in [-0.25, -0.2) is 14.4 Å². The number of carboxylic acids is 1. The number of carboxylic acid groups (broad SMARTS) is 1. The van der Waals surface area contributed by atoms with E-state index in [1.165, 1.54) is 6.92 Å². The molecular formula is C29H53N5O9. The van der Waals surface area contributed by atoms with E-state index in [0.717, 1.165) is 0 Å². The summed E-state index contributed by atoms with van der Waals surface area (Å²) < 4.78 is 10.3. The van der Waals surface area contributed by atoms with Crippen LogP contribution in [-0.4, -0.2) is 83.4 Å². The second kappa shape index (κ2) is 18.9. The number of aliphatic carboxylic acids is 1. The fourth-order valence-corrected chi connectivity index (χ4v) is 3.78. The molecule has 0 fully saturated rings. The van der Waals surface area contributed by atoms with E-state index >= 15 is 0 Å². The van der Waals surface area contributed by atoms with Gasteiger partial charge < -0.3 is 41.2 Å². The maximum absolute atomic E-state index is 13.1. The van der Waals surface area contributed by atoms with E-state index in [9.17, 15) is 33.9 Å². The highest BCUT2D eigenvalue weighted by Gasteiger charge is 2.31. The van der Waals surface area contributed by atoms with E-state index in [0.29, 0.717) is 32.2 Å². The molecule has 3 atom stereocenters. The summed E-state index contributed by atoms with van der Waals surface area (Å²) >= 11 is 0. The summed E-state index contributed by atoms with van der Waals surface area (Å²) in [5.74, 6) is -3.27. The fourth-order valence-electron chi connectivity index (χ4n) is 3.78. The lowest BCUT2D eigenvalue weighted by molar-refractivity contribution is -0.142. The van der Waals surface area contributed by atoms with Crippen molar-refractivity contribution < 1.29 is 43.3 Å². The Kier molecular flexibility index (Phi) is 17.3. The zero-order chi connectivity index (χ0) is 33.4. The van der Waals surface area contributed by atoms with Crippen LogP contribution in [0.25, 0.3) is 0 Å². The first-order chi connectivity index (χ1) is 19.7. The second-order valence-electron chi connectivity index (χ2n) is 12.7. The molecule has 14 heteroatoms. The Balaban J connectivity index is 4.98. The molecular weight excluding hydrogens is 562 g/mol. The molecule has 43 heavy (non-hydrogen) atoms. The van der Waals surface area contributed by atoms with Crippen molar-refractivity contribution in [3.8, 4) is 0 Å². The highest BCUT2D eigenvalue weighted by molar-refractivity contribution is 5.93. The summed E-state index contributed by atoms with van der Waals surface area (Å²) in [5, 5.41) is 22.6. The van der Waals surface area contributed by atoms with Crippen LogP contribution in [0.4, 0.5) is 9.59 Å². The smallest absolute Gasteiger partial charge is 0.407 e. The Labute approximate surface area is 255 Å². The van der Waals surface area contributed by atoms with Crippen molar-refractivity contribution in [1.82, 2.24) is 26.6 Å². The van der Waals surface area contributed by atoms with Crippen LogP contribution in [0.5, 0.6) is 0 Å². The molecule has 14 nitrogen and oxygen atoms in total. The average Bonchev–Trinajstić information content (AvgIpc) is 2.82. The number of hydrogen-bond acceptors (Lipinski definition) is 8. The van der Waals surface area contributed by atoms with E-state index in [1.54, 1.807) is 55.4 Å². The molecule has 0 saturated carbocycles. The number of nitrogens with one attached hydrogen (secondary N) is 5. The summed E-state index contributed by atoms with van der Waals surface area (Å²) in [5.41, 5.74) is -1.25. The van der Waals surface area contributed by atoms with Gasteiger partial charge in [0.15, 0.2) is 0 Å². The predicted octanol–water partition coefficient (Wildman–Crippen LogP) is 2.59. The minimum Gasteiger partial charge on any atom is -0.480 e. The van der Waals surface area contributed by atoms with E-state index in [2.05, 4.69) is 26.6 Å². The lowest BCUT2D eigenvalue weighted by Crippen LogP contribution is -2.57. The average molecular weight is 616 g/mol. The molecule has 0 heterocycles. The Bertz CT molecular complexity index is 942. The van der Waals surface area contributed by atoms with Crippen LogP contribution < -0.4 is 26.6 Å². The zero-order valence-electron chi connectivity index (χ0n) is 27.2. The molecule has 0 aliphatic rings. The number of ether oxygens (including phenoxy) is 2. The number of carbonyl (C=O) groups is 6. The van der Waals surface area contributed by atoms with Crippen molar-refractivity contribution in [2.45, 2.75) is 130 Å². The summed E-state index contributed by atoms with van der Waals surface area (Å²) in [4.78, 5) is 73.2. The predicted molar refractivity (Wildman–Crippen MR) is 160 cm³/mol. The van der Waals surface area contributed by atoms with Crippen LogP contribution in [-0.2, 0) is 28.7 Å². The number of carbonyl (C=O) groups excluding carboxylic acids is 5. The quantitative estimate of drug-likeness (QED) is 0.133. The summed E-state index contributed by atoms with van der Waals surface area (Å²) in [6, 6.07) is -3.18. The zero-order valence-corrected chi connectivity index (χ0v) is 27.2. The molecule has 0 rings (SSSR count). The van der Waals surface area contributed by atoms with Gasteiger partial charge in [0.1, 0.15) is 29.3 Å². The molecule has 0 radical (unpaired) electrons. The maximum Gasteiger partial charge on any atom is 0.407 e. The molecule has 0 unspecified atom stereocenters. The highest BCUT2D eigenvalue weighted by Crippen LogP contribution is 2.10. The number of alkyl carbamates (subject to hydrolysis) is 2. The molecule has 0 spiro atoms. The van der Waals surface area contributed by atoms with E-state index < -0.39 is 65.2 Å². The van der Waals surface area contributed by atoms with Crippen molar-refractivity contribution in [2.24, 2.45) is 5.92 Å². The summed E-state index contributed by atoms with van der Waals surface area (Å²) in [6.07, 6.45) is 1.12. The third-order valence-electron chi connectivity index (χ3n) is 5.73. The first-order valence-electron chi connectivity index (χ1n) is 14.8. The lowest BCUT2D eigenvalue weighted by Gasteiger charge is -2.26. The van der Waals surface area contributed by atoms with Gasteiger partial charge in [-0.05, 0) is 86.0 Å². The van der Waals surface area contributed by atoms with Crippen molar-refractivity contribution >= 4 is 35.9 Å². The Morgan fingerprint density at radius 3 is 1.47 bits per heavy atom. The normalized spacial score (nSPS) is 13.6. The number of amides is 5. The maximum atomic E-state index is 13.1. The van der Waals surface area contributed by atoms with Crippen LogP contribution in [0.2, 0.25) is 0 Å². The molecule has 248 valence electrons. The number of rotatable bonds is 17. The Morgan fingerprint density at radius 1 is 0.651 bits per heavy atom. The highest BCUT2D eigenvalue weighted by atomic mass is 16.6. The van der Waals surface area contributed by atoms with E-state index in [4.69, 9.17) is 9.47 Å². The van der Waals surface area contributed by atoms with Crippen LogP contribution >= 0.6 is 0 Å². The first-order valence-corrected chi connectivity index (χ1v) is 14.8. The lowest BCUT2D eigenvalue weighted by atomic mass is 10.0. The molecule has 6 N–H and O–H groups in total. The summed E-state index contributed by atoms with van der Waals surface area (Å²) in [7, 11) is 0. The van der Waals surface area contributed by atoms with Crippen LogP contribution in [0, 0.1) is 5.92 Å². The van der Waals surface area contributed by atoms with Crippen molar-refractivity contribution in [3.63, 3.8) is 0 Å². The third-order valence-corrected chi connectivity index (χ3v) is 5.73. The second-order valence-corrected chi connectivity index (χ2v) is 12.7. The topological polar surface area (TPSA) is 201 Å². The van der Waals surface area contributed by atoms with Gasteiger partial charge in [-0.15, -0.1) is 0 Å². The Hall–Kier alpha value is -3.58. The van der Waals surface area contributed by atoms with Gasteiger partial charge in [0.2, 0.25) is 17.7 Å². The summed E-state index contributed by atoms with van der Waals surface area (Å²) in [6.45, 7) is 15.8. The SMILES string of the molecule is CC(=O)N[C@@H](CCCCNC(=O)OC(C)(C)C)C(=O)N[C@H](C(=O)N[C@@H](CCCCNC(=O)OC(C)(C)C)C(=O)O)C(C)C. The van der Waals surface area contributed by atoms with Gasteiger partial charge in [0.25, 0.3) is 0 Å². The molecule has 0 saturated heterocycles. The Morgan fingerprint density at radius 2 is 1.09 bits per heavy atom. The van der Waals surface area contributed by atoms with Gasteiger partial charge >= 0.3 is 18.2 Å².